The van der Waals surface area contributed by atoms with Gasteiger partial charge in [0.15, 0.2) is 0 Å². The summed E-state index contributed by atoms with van der Waals surface area (Å²) in [6.45, 7) is 0.861. The van der Waals surface area contributed by atoms with Crippen molar-refractivity contribution in [2.75, 3.05) is 6.61 Å². The fraction of sp³-hybridized carbons (Fsp3) is 0.429. The predicted molar refractivity (Wildman–Crippen MR) is 41.0 cm³/mol. The second-order valence-corrected chi connectivity index (χ2v) is 2.84. The van der Waals surface area contributed by atoms with Crippen LogP contribution in [0.2, 0.25) is 0 Å². The first-order valence-electron chi connectivity index (χ1n) is 3.77. The first-order chi connectivity index (χ1) is 6.16. The Morgan fingerprint density at radius 1 is 1.69 bits per heavy atom. The fourth-order valence-corrected chi connectivity index (χ4v) is 1.01. The lowest BCUT2D eigenvalue weighted by atomic mass is 10.4. The highest BCUT2D eigenvalue weighted by atomic mass is 19.1. The molecule has 0 aliphatic carbocycles. The van der Waals surface area contributed by atoms with Crippen LogP contribution >= 0.6 is 0 Å². The molecule has 1 saturated heterocycles. The Labute approximate surface area is 71.8 Å². The van der Waals surface area contributed by atoms with Crippen LogP contribution in [0, 0.1) is 5.82 Å². The quantitative estimate of drug-likeness (QED) is 0.607. The molecule has 1 N–H and O–H groups in total. The monoisotopic (exact) mass is 186 g/mol. The Morgan fingerprint density at radius 2 is 2.38 bits per heavy atom. The number of epoxide rings is 1. The van der Waals surface area contributed by atoms with Gasteiger partial charge in [0.1, 0.15) is 0 Å². The van der Waals surface area contributed by atoms with Crippen LogP contribution in [0.4, 0.5) is 4.39 Å². The van der Waals surface area contributed by atoms with E-state index in [4.69, 9.17) is 4.74 Å². The van der Waals surface area contributed by atoms with Crippen molar-refractivity contribution >= 4 is 0 Å². The van der Waals surface area contributed by atoms with E-state index in [-0.39, 0.29) is 12.6 Å². The summed E-state index contributed by atoms with van der Waals surface area (Å²) in [5.74, 6) is -0.958. The van der Waals surface area contributed by atoms with E-state index in [0.29, 0.717) is 6.61 Å². The number of hydrogen-bond donors (Lipinski definition) is 1. The molecule has 0 radical (unpaired) electrons. The Kier molecular flexibility index (Phi) is 1.77. The van der Waals surface area contributed by atoms with E-state index in [9.17, 15) is 14.0 Å². The molecule has 2 rings (SSSR count). The van der Waals surface area contributed by atoms with Crippen molar-refractivity contribution in [1.82, 2.24) is 9.55 Å². The highest BCUT2D eigenvalue weighted by molar-refractivity contribution is 4.88. The molecule has 1 aromatic rings. The van der Waals surface area contributed by atoms with E-state index in [1.165, 1.54) is 0 Å². The van der Waals surface area contributed by atoms with Gasteiger partial charge in [-0.1, -0.05) is 0 Å². The Morgan fingerprint density at radius 3 is 3.00 bits per heavy atom. The summed E-state index contributed by atoms with van der Waals surface area (Å²) in [4.78, 5) is 23.5. The summed E-state index contributed by atoms with van der Waals surface area (Å²) < 4.78 is 18.6. The number of H-pyrrole nitrogens is 1. The summed E-state index contributed by atoms with van der Waals surface area (Å²) in [5, 5.41) is 0. The molecule has 0 saturated carbocycles. The van der Waals surface area contributed by atoms with Crippen molar-refractivity contribution in [2.24, 2.45) is 0 Å². The molecule has 0 bridgehead atoms. The van der Waals surface area contributed by atoms with Crippen molar-refractivity contribution in [3.8, 4) is 0 Å². The van der Waals surface area contributed by atoms with Gasteiger partial charge >= 0.3 is 5.69 Å². The molecule has 1 atom stereocenters. The van der Waals surface area contributed by atoms with Crippen molar-refractivity contribution < 1.29 is 9.13 Å². The number of hydrogen-bond acceptors (Lipinski definition) is 3. The maximum Gasteiger partial charge on any atom is 0.328 e. The van der Waals surface area contributed by atoms with Crippen molar-refractivity contribution in [3.05, 3.63) is 32.9 Å². The van der Waals surface area contributed by atoms with Crippen LogP contribution < -0.4 is 11.2 Å². The third kappa shape index (κ3) is 1.67. The van der Waals surface area contributed by atoms with Crippen molar-refractivity contribution in [1.29, 1.82) is 0 Å². The maximum atomic E-state index is 12.7. The molecule has 1 aromatic heterocycles. The molecule has 1 aliphatic heterocycles. The van der Waals surface area contributed by atoms with Crippen molar-refractivity contribution in [2.45, 2.75) is 12.6 Å². The van der Waals surface area contributed by atoms with E-state index < -0.39 is 17.1 Å². The average molecular weight is 186 g/mol. The zero-order chi connectivity index (χ0) is 9.42. The summed E-state index contributed by atoms with van der Waals surface area (Å²) in [6.07, 6.45) is 0.867. The lowest BCUT2D eigenvalue weighted by Crippen LogP contribution is -2.32. The number of ether oxygens (including phenoxy) is 1. The van der Waals surface area contributed by atoms with Gasteiger partial charge in [0.2, 0.25) is 5.82 Å². The SMILES string of the molecule is O=c1[nH]c(=O)n(C[C@H]2CO2)cc1F. The van der Waals surface area contributed by atoms with Gasteiger partial charge in [-0.15, -0.1) is 0 Å². The van der Waals surface area contributed by atoms with Crippen LogP contribution in [0.25, 0.3) is 0 Å². The minimum Gasteiger partial charge on any atom is -0.371 e. The number of aromatic amines is 1. The average Bonchev–Trinajstić information content (AvgIpc) is 2.84. The van der Waals surface area contributed by atoms with Gasteiger partial charge in [0.05, 0.1) is 25.5 Å². The van der Waals surface area contributed by atoms with Crippen LogP contribution in [-0.2, 0) is 11.3 Å². The highest BCUT2D eigenvalue weighted by Crippen LogP contribution is 2.09. The van der Waals surface area contributed by atoms with Crippen molar-refractivity contribution in [3.63, 3.8) is 0 Å². The number of halogens is 1. The molecule has 6 heteroatoms. The standard InChI is InChI=1S/C7H7FN2O3/c8-5-2-10(1-4-3-13-4)7(12)9-6(5)11/h2,4H,1,3H2,(H,9,11,12)/t4-/m0/s1. The molecule has 0 unspecified atom stereocenters. The number of nitrogens with one attached hydrogen (secondary N) is 1. The fourth-order valence-electron chi connectivity index (χ4n) is 1.01. The van der Waals surface area contributed by atoms with Gasteiger partial charge in [-0.3, -0.25) is 14.3 Å². The largest absolute Gasteiger partial charge is 0.371 e. The number of aromatic nitrogens is 2. The van der Waals surface area contributed by atoms with Gasteiger partial charge in [0.25, 0.3) is 5.56 Å². The molecular weight excluding hydrogens is 179 g/mol. The van der Waals surface area contributed by atoms with E-state index in [2.05, 4.69) is 0 Å². The summed E-state index contributed by atoms with van der Waals surface area (Å²) in [5.41, 5.74) is -1.60. The van der Waals surface area contributed by atoms with Crippen LogP contribution in [0.15, 0.2) is 15.8 Å². The second kappa shape index (κ2) is 2.81. The van der Waals surface area contributed by atoms with Crippen LogP contribution in [0.1, 0.15) is 0 Å². The number of rotatable bonds is 2. The smallest absolute Gasteiger partial charge is 0.328 e. The minimum atomic E-state index is -0.988. The normalized spacial score (nSPS) is 20.2. The van der Waals surface area contributed by atoms with Crippen LogP contribution in [0.5, 0.6) is 0 Å². The number of nitrogens with zero attached hydrogens (tertiary/aromatic N) is 1. The summed E-state index contributed by atoms with van der Waals surface area (Å²) in [7, 11) is 0. The van der Waals surface area contributed by atoms with Gasteiger partial charge in [-0.2, -0.15) is 4.39 Å². The summed E-state index contributed by atoms with van der Waals surface area (Å²) >= 11 is 0. The van der Waals surface area contributed by atoms with Gasteiger partial charge in [-0.05, 0) is 0 Å². The topological polar surface area (TPSA) is 67.4 Å². The molecule has 1 fully saturated rings. The van der Waals surface area contributed by atoms with E-state index in [1.54, 1.807) is 0 Å². The van der Waals surface area contributed by atoms with Gasteiger partial charge in [-0.25, -0.2) is 4.79 Å². The molecule has 2 heterocycles. The van der Waals surface area contributed by atoms with E-state index >= 15 is 0 Å². The molecule has 70 valence electrons. The van der Waals surface area contributed by atoms with E-state index in [1.807, 2.05) is 4.98 Å². The minimum absolute atomic E-state index is 0.0250. The first kappa shape index (κ1) is 8.18. The zero-order valence-electron chi connectivity index (χ0n) is 6.62. The third-order valence-corrected chi connectivity index (χ3v) is 1.77. The second-order valence-electron chi connectivity index (χ2n) is 2.84. The van der Waals surface area contributed by atoms with Gasteiger partial charge in [0, 0.05) is 0 Å². The lowest BCUT2D eigenvalue weighted by molar-refractivity contribution is 0.376. The van der Waals surface area contributed by atoms with Crippen LogP contribution in [0.3, 0.4) is 0 Å². The molecule has 0 aromatic carbocycles. The molecule has 13 heavy (non-hydrogen) atoms. The molecule has 0 spiro atoms. The maximum absolute atomic E-state index is 12.7. The van der Waals surface area contributed by atoms with E-state index in [0.717, 1.165) is 10.8 Å². The highest BCUT2D eigenvalue weighted by Gasteiger charge is 2.23. The molecule has 5 nitrogen and oxygen atoms in total. The summed E-state index contributed by atoms with van der Waals surface area (Å²) in [6, 6.07) is 0. The Hall–Kier alpha value is -1.43. The molecule has 1 aliphatic rings. The Balaban J connectivity index is 2.38. The Bertz CT molecular complexity index is 432. The third-order valence-electron chi connectivity index (χ3n) is 1.77. The lowest BCUT2D eigenvalue weighted by Gasteiger charge is -2.00. The van der Waals surface area contributed by atoms with Crippen LogP contribution in [-0.4, -0.2) is 22.3 Å². The zero-order valence-corrected chi connectivity index (χ0v) is 6.62. The molecule has 0 amide bonds. The molecular formula is C7H7FN2O3. The first-order valence-corrected chi connectivity index (χ1v) is 3.77. The predicted octanol–water partition coefficient (Wildman–Crippen LogP) is -0.925. The van der Waals surface area contributed by atoms with Gasteiger partial charge < -0.3 is 4.74 Å².